The van der Waals surface area contributed by atoms with Crippen molar-refractivity contribution in [2.24, 2.45) is 0 Å². The zero-order chi connectivity index (χ0) is 17.1. The quantitative estimate of drug-likeness (QED) is 0.800. The lowest BCUT2D eigenvalue weighted by atomic mass is 10.2. The SMILES string of the molecule is CC(C)c1nc(CN(C)C(=O)c2cn(C[C@@H]3CCCO3)nn2)cs1. The third-order valence-electron chi connectivity index (χ3n) is 3.98. The van der Waals surface area contributed by atoms with Crippen LogP contribution in [-0.2, 0) is 17.8 Å². The fourth-order valence-electron chi connectivity index (χ4n) is 2.65. The molecule has 7 nitrogen and oxygen atoms in total. The zero-order valence-electron chi connectivity index (χ0n) is 14.3. The molecule has 1 aliphatic heterocycles. The van der Waals surface area contributed by atoms with Crippen molar-refractivity contribution >= 4 is 17.2 Å². The van der Waals surface area contributed by atoms with Gasteiger partial charge >= 0.3 is 0 Å². The smallest absolute Gasteiger partial charge is 0.276 e. The summed E-state index contributed by atoms with van der Waals surface area (Å²) in [6, 6.07) is 0. The highest BCUT2D eigenvalue weighted by Crippen LogP contribution is 2.20. The maximum Gasteiger partial charge on any atom is 0.276 e. The summed E-state index contributed by atoms with van der Waals surface area (Å²) >= 11 is 1.63. The van der Waals surface area contributed by atoms with Crippen molar-refractivity contribution in [1.29, 1.82) is 0 Å². The monoisotopic (exact) mass is 349 g/mol. The van der Waals surface area contributed by atoms with Crippen LogP contribution in [-0.4, -0.2) is 50.5 Å². The number of hydrogen-bond donors (Lipinski definition) is 0. The van der Waals surface area contributed by atoms with Crippen LogP contribution in [0.5, 0.6) is 0 Å². The maximum atomic E-state index is 12.5. The van der Waals surface area contributed by atoms with Crippen LogP contribution in [0.1, 0.15) is 53.8 Å². The van der Waals surface area contributed by atoms with Gasteiger partial charge in [0.25, 0.3) is 5.91 Å². The molecule has 0 aliphatic carbocycles. The van der Waals surface area contributed by atoms with Gasteiger partial charge in [-0.2, -0.15) is 0 Å². The van der Waals surface area contributed by atoms with Gasteiger partial charge in [0, 0.05) is 25.0 Å². The van der Waals surface area contributed by atoms with Crippen LogP contribution >= 0.6 is 11.3 Å². The normalized spacial score (nSPS) is 17.6. The van der Waals surface area contributed by atoms with E-state index < -0.39 is 0 Å². The molecular formula is C16H23N5O2S. The molecule has 24 heavy (non-hydrogen) atoms. The molecule has 3 rings (SSSR count). The molecule has 1 aliphatic rings. The average Bonchev–Trinajstić information content (AvgIpc) is 3.28. The number of ether oxygens (including phenoxy) is 1. The van der Waals surface area contributed by atoms with E-state index in [2.05, 4.69) is 29.1 Å². The van der Waals surface area contributed by atoms with Crippen molar-refractivity contribution in [2.45, 2.75) is 51.8 Å². The second-order valence-corrected chi connectivity index (χ2v) is 7.34. The van der Waals surface area contributed by atoms with E-state index in [-0.39, 0.29) is 12.0 Å². The largest absolute Gasteiger partial charge is 0.376 e. The standard InChI is InChI=1S/C16H23N5O2S/c1-11(2)15-17-12(10-24-15)7-20(3)16(22)14-9-21(19-18-14)8-13-5-4-6-23-13/h9-11,13H,4-8H2,1-3H3/t13-/m0/s1. The first-order chi connectivity index (χ1) is 11.5. The molecule has 3 heterocycles. The van der Waals surface area contributed by atoms with Crippen LogP contribution in [0, 0.1) is 0 Å². The first-order valence-corrected chi connectivity index (χ1v) is 9.12. The van der Waals surface area contributed by atoms with Crippen LogP contribution in [0.3, 0.4) is 0 Å². The fraction of sp³-hybridized carbons (Fsp3) is 0.625. The molecule has 0 bridgehead atoms. The summed E-state index contributed by atoms with van der Waals surface area (Å²) in [6.45, 7) is 6.15. The molecule has 2 aromatic rings. The molecule has 0 N–H and O–H groups in total. The lowest BCUT2D eigenvalue weighted by Crippen LogP contribution is -2.26. The Bertz CT molecular complexity index is 690. The third kappa shape index (κ3) is 3.99. The summed E-state index contributed by atoms with van der Waals surface area (Å²) < 4.78 is 7.27. The van der Waals surface area contributed by atoms with Gasteiger partial charge in [-0.1, -0.05) is 19.1 Å². The van der Waals surface area contributed by atoms with Crippen molar-refractivity contribution in [3.8, 4) is 0 Å². The van der Waals surface area contributed by atoms with Crippen molar-refractivity contribution in [3.63, 3.8) is 0 Å². The van der Waals surface area contributed by atoms with Gasteiger partial charge in [0.15, 0.2) is 5.69 Å². The molecular weight excluding hydrogens is 326 g/mol. The van der Waals surface area contributed by atoms with E-state index >= 15 is 0 Å². The van der Waals surface area contributed by atoms with E-state index in [4.69, 9.17) is 4.74 Å². The van der Waals surface area contributed by atoms with E-state index in [1.54, 1.807) is 34.2 Å². The highest BCUT2D eigenvalue weighted by atomic mass is 32.1. The second kappa shape index (κ2) is 7.40. The molecule has 1 amide bonds. The summed E-state index contributed by atoms with van der Waals surface area (Å²) in [5, 5.41) is 11.1. The average molecular weight is 349 g/mol. The van der Waals surface area contributed by atoms with E-state index in [1.807, 2.05) is 5.38 Å². The molecule has 1 saturated heterocycles. The molecule has 130 valence electrons. The number of amides is 1. The highest BCUT2D eigenvalue weighted by Gasteiger charge is 2.20. The summed E-state index contributed by atoms with van der Waals surface area (Å²) in [7, 11) is 1.76. The number of carbonyl (C=O) groups excluding carboxylic acids is 1. The first kappa shape index (κ1) is 17.0. The van der Waals surface area contributed by atoms with Gasteiger partial charge in [0.1, 0.15) is 0 Å². The van der Waals surface area contributed by atoms with Gasteiger partial charge in [-0.15, -0.1) is 16.4 Å². The molecule has 1 atom stereocenters. The zero-order valence-corrected chi connectivity index (χ0v) is 15.1. The number of thiazole rings is 1. The van der Waals surface area contributed by atoms with Gasteiger partial charge in [-0.05, 0) is 12.8 Å². The highest BCUT2D eigenvalue weighted by molar-refractivity contribution is 7.09. The van der Waals surface area contributed by atoms with E-state index in [0.29, 0.717) is 24.7 Å². The molecule has 1 fully saturated rings. The van der Waals surface area contributed by atoms with Crippen LogP contribution in [0.25, 0.3) is 0 Å². The van der Waals surface area contributed by atoms with Crippen LogP contribution in [0.4, 0.5) is 0 Å². The summed E-state index contributed by atoms with van der Waals surface area (Å²) in [5.74, 6) is 0.259. The molecule has 0 aromatic carbocycles. The summed E-state index contributed by atoms with van der Waals surface area (Å²) in [5.41, 5.74) is 1.26. The molecule has 0 unspecified atom stereocenters. The predicted octanol–water partition coefficient (Wildman–Crippen LogP) is 2.31. The summed E-state index contributed by atoms with van der Waals surface area (Å²) in [4.78, 5) is 18.7. The molecule has 2 aromatic heterocycles. The van der Waals surface area contributed by atoms with Gasteiger partial charge in [-0.25, -0.2) is 9.67 Å². The van der Waals surface area contributed by atoms with Gasteiger partial charge in [-0.3, -0.25) is 4.79 Å². The van der Waals surface area contributed by atoms with E-state index in [9.17, 15) is 4.79 Å². The van der Waals surface area contributed by atoms with Gasteiger partial charge in [0.05, 0.1) is 36.1 Å². The Morgan fingerprint density at radius 2 is 2.38 bits per heavy atom. The third-order valence-corrected chi connectivity index (χ3v) is 5.18. The van der Waals surface area contributed by atoms with Gasteiger partial charge < -0.3 is 9.64 Å². The Balaban J connectivity index is 1.59. The van der Waals surface area contributed by atoms with Crippen LogP contribution in [0.2, 0.25) is 0 Å². The molecule has 0 radical (unpaired) electrons. The summed E-state index contributed by atoms with van der Waals surface area (Å²) in [6.07, 6.45) is 3.99. The number of nitrogens with zero attached hydrogens (tertiary/aromatic N) is 5. The lowest BCUT2D eigenvalue weighted by molar-refractivity contribution is 0.0777. The van der Waals surface area contributed by atoms with Crippen molar-refractivity contribution in [3.05, 3.63) is 28.0 Å². The fourth-order valence-corrected chi connectivity index (χ4v) is 3.48. The molecule has 8 heteroatoms. The number of rotatable bonds is 6. The Morgan fingerprint density at radius 1 is 1.54 bits per heavy atom. The van der Waals surface area contributed by atoms with Crippen molar-refractivity contribution < 1.29 is 9.53 Å². The number of carbonyl (C=O) groups is 1. The first-order valence-electron chi connectivity index (χ1n) is 8.24. The molecule has 0 saturated carbocycles. The Labute approximate surface area is 145 Å². The Kier molecular flexibility index (Phi) is 5.25. The van der Waals surface area contributed by atoms with E-state index in [1.165, 1.54) is 0 Å². The van der Waals surface area contributed by atoms with E-state index in [0.717, 1.165) is 30.2 Å². The minimum Gasteiger partial charge on any atom is -0.376 e. The number of aromatic nitrogens is 4. The minimum atomic E-state index is -0.146. The Hall–Kier alpha value is -1.80. The topological polar surface area (TPSA) is 73.1 Å². The minimum absolute atomic E-state index is 0.146. The van der Waals surface area contributed by atoms with Crippen LogP contribution < -0.4 is 0 Å². The predicted molar refractivity (Wildman–Crippen MR) is 91.0 cm³/mol. The van der Waals surface area contributed by atoms with Gasteiger partial charge in [0.2, 0.25) is 0 Å². The maximum absolute atomic E-state index is 12.5. The van der Waals surface area contributed by atoms with Crippen molar-refractivity contribution in [2.75, 3.05) is 13.7 Å². The number of hydrogen-bond acceptors (Lipinski definition) is 6. The Morgan fingerprint density at radius 3 is 3.04 bits per heavy atom. The van der Waals surface area contributed by atoms with Crippen LogP contribution in [0.15, 0.2) is 11.6 Å². The molecule has 0 spiro atoms. The second-order valence-electron chi connectivity index (χ2n) is 6.45. The lowest BCUT2D eigenvalue weighted by Gasteiger charge is -2.14. The van der Waals surface area contributed by atoms with Crippen molar-refractivity contribution in [1.82, 2.24) is 24.9 Å².